The molecule has 0 spiro atoms. The van der Waals surface area contributed by atoms with Gasteiger partial charge in [-0.05, 0) is 30.4 Å². The van der Waals surface area contributed by atoms with Crippen molar-refractivity contribution in [1.29, 1.82) is 0 Å². The van der Waals surface area contributed by atoms with E-state index in [1.54, 1.807) is 0 Å². The fourth-order valence-corrected chi connectivity index (χ4v) is 2.33. The lowest BCUT2D eigenvalue weighted by atomic mass is 10.1. The van der Waals surface area contributed by atoms with Gasteiger partial charge in [0.2, 0.25) is 5.91 Å². The number of carbonyl (C=O) groups is 1. The molecular weight excluding hydrogens is 240 g/mol. The fourth-order valence-electron chi connectivity index (χ4n) is 2.33. The molecule has 104 valence electrons. The van der Waals surface area contributed by atoms with Gasteiger partial charge in [-0.15, -0.1) is 0 Å². The number of amides is 1. The first-order valence-corrected chi connectivity index (χ1v) is 6.93. The molecule has 0 bridgehead atoms. The number of anilines is 1. The Morgan fingerprint density at radius 2 is 2.32 bits per heavy atom. The van der Waals surface area contributed by atoms with Gasteiger partial charge in [-0.1, -0.05) is 25.1 Å². The molecule has 0 fully saturated rings. The van der Waals surface area contributed by atoms with Gasteiger partial charge in [0, 0.05) is 25.3 Å². The fraction of sp³-hybridized carbons (Fsp3) is 0.533. The molecule has 0 radical (unpaired) electrons. The van der Waals surface area contributed by atoms with Gasteiger partial charge in [0.1, 0.15) is 6.04 Å². The second kappa shape index (κ2) is 6.57. The van der Waals surface area contributed by atoms with Crippen LogP contribution in [-0.4, -0.2) is 30.2 Å². The molecule has 4 nitrogen and oxygen atoms in total. The van der Waals surface area contributed by atoms with E-state index in [2.05, 4.69) is 16.7 Å². The van der Waals surface area contributed by atoms with Gasteiger partial charge in [0.05, 0.1) is 0 Å². The lowest BCUT2D eigenvalue weighted by molar-refractivity contribution is -0.121. The number of carbonyl (C=O) groups excluding carboxylic acids is 1. The van der Waals surface area contributed by atoms with Crippen LogP contribution in [0.25, 0.3) is 0 Å². The van der Waals surface area contributed by atoms with Crippen LogP contribution in [-0.2, 0) is 11.2 Å². The maximum absolute atomic E-state index is 12.0. The van der Waals surface area contributed by atoms with Crippen molar-refractivity contribution in [1.82, 2.24) is 5.32 Å². The minimum absolute atomic E-state index is 0.0628. The molecule has 1 aliphatic heterocycles. The molecule has 0 aliphatic carbocycles. The zero-order valence-corrected chi connectivity index (χ0v) is 11.4. The number of para-hydroxylation sites is 1. The number of nitrogens with one attached hydrogen (secondary N) is 2. The highest BCUT2D eigenvalue weighted by atomic mass is 16.3. The predicted octanol–water partition coefficient (Wildman–Crippen LogP) is 1.55. The zero-order chi connectivity index (χ0) is 13.7. The summed E-state index contributed by atoms with van der Waals surface area (Å²) in [7, 11) is 0. The molecule has 2 rings (SSSR count). The summed E-state index contributed by atoms with van der Waals surface area (Å²) in [5, 5.41) is 15.1. The topological polar surface area (TPSA) is 61.4 Å². The Balaban J connectivity index is 1.71. The lowest BCUT2D eigenvalue weighted by Gasteiger charge is -2.13. The lowest BCUT2D eigenvalue weighted by Crippen LogP contribution is -2.38. The van der Waals surface area contributed by atoms with Gasteiger partial charge in [-0.3, -0.25) is 4.79 Å². The molecule has 4 heteroatoms. The summed E-state index contributed by atoms with van der Waals surface area (Å²) < 4.78 is 0. The summed E-state index contributed by atoms with van der Waals surface area (Å²) in [6.45, 7) is 2.90. The molecule has 3 N–H and O–H groups in total. The smallest absolute Gasteiger partial charge is 0.242 e. The normalized spacial score (nSPS) is 18.5. The van der Waals surface area contributed by atoms with Gasteiger partial charge in [-0.25, -0.2) is 0 Å². The van der Waals surface area contributed by atoms with E-state index in [4.69, 9.17) is 5.11 Å². The number of benzene rings is 1. The number of aliphatic hydroxyl groups excluding tert-OH is 1. The SMILES string of the molecule is CC(CO)CCCNC(=O)[C@@H]1Cc2ccccc2N1. The molecule has 1 aromatic rings. The third-order valence-electron chi connectivity index (χ3n) is 3.57. The second-order valence-electron chi connectivity index (χ2n) is 5.28. The van der Waals surface area contributed by atoms with Crippen LogP contribution in [0.1, 0.15) is 25.3 Å². The molecular formula is C15H22N2O2. The monoisotopic (exact) mass is 262 g/mol. The predicted molar refractivity (Wildman–Crippen MR) is 76.1 cm³/mol. The van der Waals surface area contributed by atoms with E-state index >= 15 is 0 Å². The average Bonchev–Trinajstić information content (AvgIpc) is 2.87. The van der Waals surface area contributed by atoms with E-state index in [-0.39, 0.29) is 18.6 Å². The van der Waals surface area contributed by atoms with Crippen molar-refractivity contribution in [2.24, 2.45) is 5.92 Å². The second-order valence-corrected chi connectivity index (χ2v) is 5.28. The first-order valence-electron chi connectivity index (χ1n) is 6.93. The first kappa shape index (κ1) is 13.9. The highest BCUT2D eigenvalue weighted by Crippen LogP contribution is 2.24. The van der Waals surface area contributed by atoms with Crippen LogP contribution >= 0.6 is 0 Å². The molecule has 0 saturated carbocycles. The molecule has 1 aromatic carbocycles. The van der Waals surface area contributed by atoms with Gasteiger partial charge in [0.15, 0.2) is 0 Å². The summed E-state index contributed by atoms with van der Waals surface area (Å²) in [4.78, 5) is 12.0. The summed E-state index contributed by atoms with van der Waals surface area (Å²) in [5.41, 5.74) is 2.27. The van der Waals surface area contributed by atoms with E-state index < -0.39 is 0 Å². The van der Waals surface area contributed by atoms with E-state index in [9.17, 15) is 4.79 Å². The van der Waals surface area contributed by atoms with Crippen molar-refractivity contribution in [2.75, 3.05) is 18.5 Å². The number of rotatable bonds is 6. The minimum Gasteiger partial charge on any atom is -0.396 e. The van der Waals surface area contributed by atoms with E-state index in [1.165, 1.54) is 5.56 Å². The van der Waals surface area contributed by atoms with Crippen molar-refractivity contribution < 1.29 is 9.90 Å². The first-order chi connectivity index (χ1) is 9.20. The van der Waals surface area contributed by atoms with Crippen molar-refractivity contribution in [3.05, 3.63) is 29.8 Å². The van der Waals surface area contributed by atoms with Crippen molar-refractivity contribution >= 4 is 11.6 Å². The molecule has 0 saturated heterocycles. The average molecular weight is 262 g/mol. The summed E-state index contributed by atoms with van der Waals surface area (Å²) >= 11 is 0. The Bertz CT molecular complexity index is 409. The Morgan fingerprint density at radius 1 is 1.53 bits per heavy atom. The highest BCUT2D eigenvalue weighted by Gasteiger charge is 2.25. The maximum Gasteiger partial charge on any atom is 0.242 e. The summed E-state index contributed by atoms with van der Waals surface area (Å²) in [5.74, 6) is 0.374. The number of fused-ring (bicyclic) bond motifs is 1. The van der Waals surface area contributed by atoms with Crippen LogP contribution in [0.4, 0.5) is 5.69 Å². The third-order valence-corrected chi connectivity index (χ3v) is 3.57. The van der Waals surface area contributed by atoms with Gasteiger partial charge in [0.25, 0.3) is 0 Å². The number of hydrogen-bond donors (Lipinski definition) is 3. The van der Waals surface area contributed by atoms with Gasteiger partial charge < -0.3 is 15.7 Å². The molecule has 0 aromatic heterocycles. The van der Waals surface area contributed by atoms with Gasteiger partial charge >= 0.3 is 0 Å². The van der Waals surface area contributed by atoms with Crippen LogP contribution in [0.15, 0.2) is 24.3 Å². The van der Waals surface area contributed by atoms with Crippen molar-refractivity contribution in [3.8, 4) is 0 Å². The quantitative estimate of drug-likeness (QED) is 0.682. The summed E-state index contributed by atoms with van der Waals surface area (Å²) in [6, 6.07) is 7.89. The Kier molecular flexibility index (Phi) is 4.80. The van der Waals surface area contributed by atoms with Crippen LogP contribution in [0.3, 0.4) is 0 Å². The van der Waals surface area contributed by atoms with Crippen molar-refractivity contribution in [2.45, 2.75) is 32.2 Å². The minimum atomic E-state index is -0.146. The van der Waals surface area contributed by atoms with Crippen LogP contribution < -0.4 is 10.6 Å². The van der Waals surface area contributed by atoms with E-state index in [0.717, 1.165) is 24.9 Å². The number of aliphatic hydroxyl groups is 1. The largest absolute Gasteiger partial charge is 0.396 e. The highest BCUT2D eigenvalue weighted by molar-refractivity contribution is 5.87. The number of hydrogen-bond acceptors (Lipinski definition) is 3. The molecule has 1 aliphatic rings. The van der Waals surface area contributed by atoms with Gasteiger partial charge in [-0.2, -0.15) is 0 Å². The van der Waals surface area contributed by atoms with E-state index in [1.807, 2.05) is 25.1 Å². The van der Waals surface area contributed by atoms with E-state index in [0.29, 0.717) is 12.5 Å². The molecule has 2 atom stereocenters. The Morgan fingerprint density at radius 3 is 3.05 bits per heavy atom. The Hall–Kier alpha value is -1.55. The maximum atomic E-state index is 12.0. The van der Waals surface area contributed by atoms with Crippen LogP contribution in [0, 0.1) is 5.92 Å². The molecule has 19 heavy (non-hydrogen) atoms. The van der Waals surface area contributed by atoms with Crippen LogP contribution in [0.5, 0.6) is 0 Å². The van der Waals surface area contributed by atoms with Crippen molar-refractivity contribution in [3.63, 3.8) is 0 Å². The van der Waals surface area contributed by atoms with Crippen LogP contribution in [0.2, 0.25) is 0 Å². The Labute approximate surface area is 114 Å². The summed E-state index contributed by atoms with van der Waals surface area (Å²) in [6.07, 6.45) is 2.61. The molecule has 1 amide bonds. The molecule has 1 unspecified atom stereocenters. The zero-order valence-electron chi connectivity index (χ0n) is 11.4. The standard InChI is InChI=1S/C15H22N2O2/c1-11(10-18)5-4-8-16-15(19)14-9-12-6-2-3-7-13(12)17-14/h2-3,6-7,11,14,17-18H,4-5,8-10H2,1H3,(H,16,19)/t11?,14-/m0/s1. The third kappa shape index (κ3) is 3.70. The molecule has 1 heterocycles.